The van der Waals surface area contributed by atoms with Crippen molar-refractivity contribution < 1.29 is 9.84 Å². The molecule has 1 rings (SSSR count). The molecule has 0 atom stereocenters. The summed E-state index contributed by atoms with van der Waals surface area (Å²) in [6.45, 7) is 0.829. The molecule has 0 aromatic heterocycles. The lowest BCUT2D eigenvalue weighted by Gasteiger charge is -2.14. The van der Waals surface area contributed by atoms with Crippen LogP contribution in [0.5, 0.6) is 5.75 Å². The molecule has 0 spiro atoms. The molecule has 0 saturated heterocycles. The molecule has 0 unspecified atom stereocenters. The van der Waals surface area contributed by atoms with E-state index < -0.39 is 0 Å². The summed E-state index contributed by atoms with van der Waals surface area (Å²) in [5, 5.41) is 9.57. The summed E-state index contributed by atoms with van der Waals surface area (Å²) in [4.78, 5) is 1.82. The first-order valence-electron chi connectivity index (χ1n) is 4.79. The maximum absolute atomic E-state index is 8.86. The Morgan fingerprint density at radius 3 is 2.80 bits per heavy atom. The molecule has 0 bridgehead atoms. The van der Waals surface area contributed by atoms with Crippen LogP contribution in [0.1, 0.15) is 5.56 Å². The van der Waals surface area contributed by atoms with Gasteiger partial charge in [0.15, 0.2) is 0 Å². The van der Waals surface area contributed by atoms with Gasteiger partial charge in [-0.1, -0.05) is 11.6 Å². The van der Waals surface area contributed by atoms with Gasteiger partial charge in [-0.2, -0.15) is 0 Å². The number of hydrogen-bond acceptors (Lipinski definition) is 3. The van der Waals surface area contributed by atoms with Crippen molar-refractivity contribution in [2.24, 2.45) is 0 Å². The first kappa shape index (κ1) is 12.3. The number of aliphatic hydroxyl groups excluding tert-OH is 1. The number of nitrogens with zero attached hydrogens (tertiary/aromatic N) is 1. The van der Waals surface area contributed by atoms with Crippen LogP contribution in [0.15, 0.2) is 18.2 Å². The number of benzene rings is 1. The lowest BCUT2D eigenvalue weighted by atomic mass is 10.1. The summed E-state index contributed by atoms with van der Waals surface area (Å²) in [7, 11) is 3.50. The third-order valence-corrected chi connectivity index (χ3v) is 2.48. The van der Waals surface area contributed by atoms with Crippen molar-refractivity contribution in [3.63, 3.8) is 0 Å². The van der Waals surface area contributed by atoms with E-state index in [1.165, 1.54) is 0 Å². The maximum atomic E-state index is 8.86. The van der Waals surface area contributed by atoms with Gasteiger partial charge < -0.3 is 9.84 Å². The molecular weight excluding hydrogens is 214 g/mol. The van der Waals surface area contributed by atoms with E-state index in [1.54, 1.807) is 13.2 Å². The van der Waals surface area contributed by atoms with Gasteiger partial charge in [-0.3, -0.25) is 4.90 Å². The van der Waals surface area contributed by atoms with Crippen molar-refractivity contribution >= 4 is 11.6 Å². The molecular formula is C11H16ClNO2. The van der Waals surface area contributed by atoms with Crippen LogP contribution in [0.25, 0.3) is 0 Å². The number of likely N-dealkylation sites (N-methyl/N-ethyl adjacent to an activating group) is 1. The van der Waals surface area contributed by atoms with Crippen LogP contribution in [0, 0.1) is 0 Å². The lowest BCUT2D eigenvalue weighted by Crippen LogP contribution is -2.22. The number of rotatable bonds is 5. The first-order valence-corrected chi connectivity index (χ1v) is 5.17. The Bertz CT molecular complexity index is 317. The molecule has 0 amide bonds. The van der Waals surface area contributed by atoms with E-state index in [0.717, 1.165) is 24.3 Å². The topological polar surface area (TPSA) is 32.7 Å². The summed E-state index contributed by atoms with van der Waals surface area (Å²) in [6, 6.07) is 5.56. The quantitative estimate of drug-likeness (QED) is 0.782. The number of halogens is 1. The van der Waals surface area contributed by atoms with E-state index in [0.29, 0.717) is 5.02 Å². The molecule has 1 aromatic rings. The molecule has 0 aliphatic rings. The summed E-state index contributed by atoms with van der Waals surface area (Å²) in [5.41, 5.74) is 1.06. The molecule has 0 radical (unpaired) electrons. The molecule has 1 N–H and O–H groups in total. The molecule has 84 valence electrons. The Balaban J connectivity index is 2.69. The zero-order chi connectivity index (χ0) is 11.3. The van der Waals surface area contributed by atoms with Gasteiger partial charge in [0, 0.05) is 11.6 Å². The van der Waals surface area contributed by atoms with Crippen LogP contribution in [0.4, 0.5) is 0 Å². The fraction of sp³-hybridized carbons (Fsp3) is 0.455. The minimum Gasteiger partial charge on any atom is -0.496 e. The van der Waals surface area contributed by atoms with Crippen LogP contribution < -0.4 is 4.74 Å². The Labute approximate surface area is 95.2 Å². The summed E-state index contributed by atoms with van der Waals surface area (Å²) in [6.07, 6.45) is 0.806. The number of hydrogen-bond donors (Lipinski definition) is 1. The second kappa shape index (κ2) is 5.95. The Kier molecular flexibility index (Phi) is 4.88. The molecule has 0 heterocycles. The van der Waals surface area contributed by atoms with Crippen molar-refractivity contribution in [2.45, 2.75) is 6.42 Å². The van der Waals surface area contributed by atoms with E-state index in [9.17, 15) is 0 Å². The summed E-state index contributed by atoms with van der Waals surface area (Å²) in [5.74, 6) is 0.839. The fourth-order valence-electron chi connectivity index (χ4n) is 1.32. The molecule has 1 aromatic carbocycles. The van der Waals surface area contributed by atoms with Gasteiger partial charge in [0.25, 0.3) is 0 Å². The number of aliphatic hydroxyl groups is 1. The first-order chi connectivity index (χ1) is 7.17. The van der Waals surface area contributed by atoms with Crippen LogP contribution in [-0.4, -0.2) is 37.4 Å². The van der Waals surface area contributed by atoms with Gasteiger partial charge in [-0.15, -0.1) is 0 Å². The fourth-order valence-corrected chi connectivity index (χ4v) is 1.52. The van der Waals surface area contributed by atoms with Gasteiger partial charge >= 0.3 is 0 Å². The second-order valence-corrected chi connectivity index (χ2v) is 3.86. The highest BCUT2D eigenvalue weighted by atomic mass is 35.5. The third-order valence-electron chi connectivity index (χ3n) is 2.25. The van der Waals surface area contributed by atoms with Gasteiger partial charge in [0.1, 0.15) is 5.75 Å². The van der Waals surface area contributed by atoms with E-state index in [2.05, 4.69) is 0 Å². The number of methoxy groups -OCH3 is 1. The van der Waals surface area contributed by atoms with Crippen LogP contribution in [0.2, 0.25) is 5.02 Å². The SMILES string of the molecule is COc1ccc(Cl)cc1CCN(C)CO. The minimum absolute atomic E-state index is 0.0584. The highest BCUT2D eigenvalue weighted by molar-refractivity contribution is 6.30. The predicted octanol–water partition coefficient (Wildman–Crippen LogP) is 1.77. The smallest absolute Gasteiger partial charge is 0.122 e. The van der Waals surface area contributed by atoms with E-state index in [-0.39, 0.29) is 6.73 Å². The number of ether oxygens (including phenoxy) is 1. The monoisotopic (exact) mass is 229 g/mol. The molecule has 0 saturated carbocycles. The van der Waals surface area contributed by atoms with E-state index >= 15 is 0 Å². The molecule has 0 fully saturated rings. The van der Waals surface area contributed by atoms with Crippen LogP contribution in [-0.2, 0) is 6.42 Å². The Morgan fingerprint density at radius 2 is 2.20 bits per heavy atom. The summed E-state index contributed by atoms with van der Waals surface area (Å²) < 4.78 is 5.23. The van der Waals surface area contributed by atoms with Gasteiger partial charge in [0.2, 0.25) is 0 Å². The van der Waals surface area contributed by atoms with Crippen molar-refractivity contribution in [1.82, 2.24) is 4.90 Å². The van der Waals surface area contributed by atoms with E-state index in [4.69, 9.17) is 21.4 Å². The second-order valence-electron chi connectivity index (χ2n) is 3.43. The predicted molar refractivity (Wildman–Crippen MR) is 61.4 cm³/mol. The molecule has 3 nitrogen and oxygen atoms in total. The standard InChI is InChI=1S/C11H16ClNO2/c1-13(8-14)6-5-9-7-10(12)3-4-11(9)15-2/h3-4,7,14H,5-6,8H2,1-2H3. The maximum Gasteiger partial charge on any atom is 0.122 e. The lowest BCUT2D eigenvalue weighted by molar-refractivity contribution is 0.134. The van der Waals surface area contributed by atoms with Crippen molar-refractivity contribution in [3.05, 3.63) is 28.8 Å². The van der Waals surface area contributed by atoms with Crippen molar-refractivity contribution in [2.75, 3.05) is 27.4 Å². The average Bonchev–Trinajstić information content (AvgIpc) is 2.26. The normalized spacial score (nSPS) is 10.7. The molecule has 0 aliphatic carbocycles. The van der Waals surface area contributed by atoms with Crippen LogP contribution >= 0.6 is 11.6 Å². The van der Waals surface area contributed by atoms with Gasteiger partial charge in [-0.05, 0) is 37.2 Å². The average molecular weight is 230 g/mol. The van der Waals surface area contributed by atoms with Gasteiger partial charge in [0.05, 0.1) is 13.8 Å². The van der Waals surface area contributed by atoms with Crippen LogP contribution in [0.3, 0.4) is 0 Å². The largest absolute Gasteiger partial charge is 0.496 e. The van der Waals surface area contributed by atoms with Crippen molar-refractivity contribution in [1.29, 1.82) is 0 Å². The Morgan fingerprint density at radius 1 is 1.47 bits per heavy atom. The minimum atomic E-state index is 0.0584. The van der Waals surface area contributed by atoms with Crippen molar-refractivity contribution in [3.8, 4) is 5.75 Å². The highest BCUT2D eigenvalue weighted by Gasteiger charge is 2.05. The molecule has 15 heavy (non-hydrogen) atoms. The highest BCUT2D eigenvalue weighted by Crippen LogP contribution is 2.22. The molecule has 0 aliphatic heterocycles. The van der Waals surface area contributed by atoms with Gasteiger partial charge in [-0.25, -0.2) is 0 Å². The summed E-state index contributed by atoms with van der Waals surface area (Å²) >= 11 is 5.90. The Hall–Kier alpha value is -0.770. The van der Waals surface area contributed by atoms with E-state index in [1.807, 2.05) is 24.1 Å². The zero-order valence-electron chi connectivity index (χ0n) is 9.03. The molecule has 4 heteroatoms. The zero-order valence-corrected chi connectivity index (χ0v) is 9.79. The third kappa shape index (κ3) is 3.70.